The van der Waals surface area contributed by atoms with Crippen molar-refractivity contribution in [3.63, 3.8) is 0 Å². The van der Waals surface area contributed by atoms with Crippen LogP contribution >= 0.6 is 7.60 Å². The van der Waals surface area contributed by atoms with Gasteiger partial charge in [0.15, 0.2) is 11.5 Å². The predicted octanol–water partition coefficient (Wildman–Crippen LogP) is -1.08. The molecule has 2 heterocycles. The largest absolute Gasteiger partial charge is 0.391 e. The van der Waals surface area contributed by atoms with Crippen LogP contribution in [-0.4, -0.2) is 46.7 Å². The van der Waals surface area contributed by atoms with Crippen molar-refractivity contribution >= 4 is 30.5 Å². The van der Waals surface area contributed by atoms with Crippen LogP contribution in [0.5, 0.6) is 0 Å². The van der Waals surface area contributed by atoms with Crippen molar-refractivity contribution in [3.8, 4) is 0 Å². The molecule has 0 spiro atoms. The van der Waals surface area contributed by atoms with Crippen molar-refractivity contribution in [1.82, 2.24) is 19.5 Å². The van der Waals surface area contributed by atoms with Crippen LogP contribution in [0.25, 0.3) is 11.2 Å². The predicted molar refractivity (Wildman–Crippen MR) is 71.7 cm³/mol. The summed E-state index contributed by atoms with van der Waals surface area (Å²) in [5, 5.41) is 9.78. The maximum absolute atomic E-state index is 10.8. The number of hydrogen-bond donors (Lipinski definition) is 5. The molecule has 0 aromatic carbocycles. The van der Waals surface area contributed by atoms with Crippen LogP contribution in [0.2, 0.25) is 0 Å². The van der Waals surface area contributed by atoms with Gasteiger partial charge in [-0.2, -0.15) is 9.97 Å². The van der Waals surface area contributed by atoms with Crippen molar-refractivity contribution in [2.45, 2.75) is 19.1 Å². The third-order valence-corrected chi connectivity index (χ3v) is 3.51. The molecule has 0 aliphatic rings. The van der Waals surface area contributed by atoms with Crippen LogP contribution in [-0.2, 0) is 11.1 Å². The van der Waals surface area contributed by atoms with E-state index in [-0.39, 0.29) is 30.9 Å². The normalized spacial score (nSPS) is 13.8. The zero-order valence-electron chi connectivity index (χ0n) is 10.4. The molecule has 1 atom stereocenters. The van der Waals surface area contributed by atoms with Gasteiger partial charge in [-0.3, -0.25) is 4.57 Å². The van der Waals surface area contributed by atoms with E-state index in [1.54, 1.807) is 0 Å². The molecule has 0 saturated carbocycles. The van der Waals surface area contributed by atoms with E-state index in [0.29, 0.717) is 11.2 Å². The second-order valence-corrected chi connectivity index (χ2v) is 6.14. The lowest BCUT2D eigenvalue weighted by molar-refractivity contribution is 0.149. The monoisotopic (exact) mass is 302 g/mol. The first-order valence-electron chi connectivity index (χ1n) is 5.73. The number of aliphatic hydroxyl groups excluding tert-OH is 1. The summed E-state index contributed by atoms with van der Waals surface area (Å²) in [6, 6.07) is 0. The van der Waals surface area contributed by atoms with Crippen LogP contribution in [0.15, 0.2) is 6.33 Å². The summed E-state index contributed by atoms with van der Waals surface area (Å²) in [5.74, 6) is 0.123. The van der Waals surface area contributed by atoms with Gasteiger partial charge in [-0.15, -0.1) is 0 Å². The van der Waals surface area contributed by atoms with Gasteiger partial charge in [-0.05, 0) is 6.42 Å². The Hall–Kier alpha value is -1.74. The Balaban J connectivity index is 2.16. The van der Waals surface area contributed by atoms with Gasteiger partial charge in [-0.25, -0.2) is 4.98 Å². The van der Waals surface area contributed by atoms with Crippen LogP contribution in [0.1, 0.15) is 6.42 Å². The minimum atomic E-state index is -4.12. The smallest absolute Gasteiger partial charge is 0.325 e. The first-order valence-corrected chi connectivity index (χ1v) is 7.52. The molecule has 11 heteroatoms. The molecular weight excluding hydrogens is 287 g/mol. The standard InChI is InChI=1S/C9H15N6O4P/c10-7-6-8(14-9(11)13-7)15(4-12-6)3-5(16)1-2-20(17,18)19/h4-5,16H,1-3H2,(H2,17,18,19)(H4,10,11,13,14). The van der Waals surface area contributed by atoms with Crippen molar-refractivity contribution in [2.24, 2.45) is 0 Å². The molecule has 10 nitrogen and oxygen atoms in total. The molecule has 0 saturated heterocycles. The third kappa shape index (κ3) is 3.42. The van der Waals surface area contributed by atoms with E-state index in [9.17, 15) is 9.67 Å². The highest BCUT2D eigenvalue weighted by atomic mass is 31.2. The molecular formula is C9H15N6O4P. The average Bonchev–Trinajstić information content (AvgIpc) is 2.69. The summed E-state index contributed by atoms with van der Waals surface area (Å²) >= 11 is 0. The summed E-state index contributed by atoms with van der Waals surface area (Å²) in [6.07, 6.45) is 0.0352. The first-order chi connectivity index (χ1) is 9.26. The van der Waals surface area contributed by atoms with Gasteiger partial charge in [0, 0.05) is 0 Å². The Morgan fingerprint density at radius 2 is 2.05 bits per heavy atom. The minimum Gasteiger partial charge on any atom is -0.391 e. The minimum absolute atomic E-state index is 0.0125. The number of imidazole rings is 1. The number of rotatable bonds is 5. The zero-order valence-corrected chi connectivity index (χ0v) is 11.3. The third-order valence-electron chi connectivity index (χ3n) is 2.67. The van der Waals surface area contributed by atoms with E-state index in [2.05, 4.69) is 15.0 Å². The molecule has 2 aromatic heterocycles. The molecule has 7 N–H and O–H groups in total. The van der Waals surface area contributed by atoms with Crippen molar-refractivity contribution in [2.75, 3.05) is 17.6 Å². The number of hydrogen-bond acceptors (Lipinski definition) is 7. The van der Waals surface area contributed by atoms with Gasteiger partial charge >= 0.3 is 7.60 Å². The molecule has 1 unspecified atom stereocenters. The molecule has 20 heavy (non-hydrogen) atoms. The van der Waals surface area contributed by atoms with Crippen LogP contribution in [0.4, 0.5) is 11.8 Å². The van der Waals surface area contributed by atoms with E-state index in [1.165, 1.54) is 10.9 Å². The van der Waals surface area contributed by atoms with E-state index < -0.39 is 13.7 Å². The number of aliphatic hydroxyl groups is 1. The number of nitrogens with zero attached hydrogens (tertiary/aromatic N) is 4. The number of nitrogen functional groups attached to an aromatic ring is 2. The van der Waals surface area contributed by atoms with Gasteiger partial charge < -0.3 is 30.9 Å². The second-order valence-electron chi connectivity index (χ2n) is 4.37. The van der Waals surface area contributed by atoms with Gasteiger partial charge in [0.25, 0.3) is 0 Å². The summed E-state index contributed by atoms with van der Waals surface area (Å²) in [4.78, 5) is 29.3. The Bertz CT molecular complexity index is 668. The number of aromatic nitrogens is 4. The fourth-order valence-electron chi connectivity index (χ4n) is 1.75. The summed E-state index contributed by atoms with van der Waals surface area (Å²) in [6.45, 7) is 0.0758. The van der Waals surface area contributed by atoms with Crippen LogP contribution in [0.3, 0.4) is 0 Å². The second kappa shape index (κ2) is 5.33. The van der Waals surface area contributed by atoms with Gasteiger partial charge in [0.05, 0.1) is 25.1 Å². The number of fused-ring (bicyclic) bond motifs is 1. The van der Waals surface area contributed by atoms with Crippen molar-refractivity contribution in [3.05, 3.63) is 6.33 Å². The summed E-state index contributed by atoms with van der Waals surface area (Å²) in [5.41, 5.74) is 11.9. The molecule has 0 aliphatic heterocycles. The van der Waals surface area contributed by atoms with E-state index in [4.69, 9.17) is 21.3 Å². The van der Waals surface area contributed by atoms with Crippen LogP contribution < -0.4 is 11.5 Å². The molecule has 2 aromatic rings. The van der Waals surface area contributed by atoms with Gasteiger partial charge in [0.2, 0.25) is 5.95 Å². The molecule has 0 aliphatic carbocycles. The fourth-order valence-corrected chi connectivity index (χ4v) is 2.39. The maximum atomic E-state index is 10.8. The lowest BCUT2D eigenvalue weighted by Gasteiger charge is -2.12. The molecule has 2 rings (SSSR count). The van der Waals surface area contributed by atoms with Crippen molar-refractivity contribution < 1.29 is 19.5 Å². The van der Waals surface area contributed by atoms with Gasteiger partial charge in [-0.1, -0.05) is 0 Å². The molecule has 0 bridgehead atoms. The topological polar surface area (TPSA) is 173 Å². The Morgan fingerprint density at radius 3 is 2.70 bits per heavy atom. The molecule has 0 fully saturated rings. The first kappa shape index (κ1) is 14.7. The number of nitrogens with two attached hydrogens (primary N) is 2. The molecule has 0 radical (unpaired) electrons. The van der Waals surface area contributed by atoms with E-state index in [1.807, 2.05) is 0 Å². The fraction of sp³-hybridized carbons (Fsp3) is 0.444. The lowest BCUT2D eigenvalue weighted by Crippen LogP contribution is -2.17. The van der Waals surface area contributed by atoms with E-state index >= 15 is 0 Å². The molecule has 0 amide bonds. The molecule has 110 valence electrons. The van der Waals surface area contributed by atoms with E-state index in [0.717, 1.165) is 0 Å². The Morgan fingerprint density at radius 1 is 1.35 bits per heavy atom. The Kier molecular flexibility index (Phi) is 3.91. The SMILES string of the molecule is Nc1nc(N)c2ncn(CC(O)CCP(=O)(O)O)c2n1. The highest BCUT2D eigenvalue weighted by Crippen LogP contribution is 2.35. The quantitative estimate of drug-likeness (QED) is 0.430. The lowest BCUT2D eigenvalue weighted by atomic mass is 10.3. The summed E-state index contributed by atoms with van der Waals surface area (Å²) < 4.78 is 12.3. The van der Waals surface area contributed by atoms with Crippen molar-refractivity contribution in [1.29, 1.82) is 0 Å². The van der Waals surface area contributed by atoms with Gasteiger partial charge in [0.1, 0.15) is 5.52 Å². The average molecular weight is 302 g/mol. The number of anilines is 2. The summed E-state index contributed by atoms with van der Waals surface area (Å²) in [7, 11) is -4.12. The Labute approximate surface area is 113 Å². The zero-order chi connectivity index (χ0) is 14.9. The maximum Gasteiger partial charge on any atom is 0.325 e. The highest BCUT2D eigenvalue weighted by Gasteiger charge is 2.18. The highest BCUT2D eigenvalue weighted by molar-refractivity contribution is 7.51. The van der Waals surface area contributed by atoms with Crippen LogP contribution in [0, 0.1) is 0 Å².